The summed E-state index contributed by atoms with van der Waals surface area (Å²) in [4.78, 5) is 11.7. The van der Waals surface area contributed by atoms with Gasteiger partial charge in [0.15, 0.2) is 11.5 Å². The minimum atomic E-state index is -0.117. The number of carbonyl (C=O) groups excluding carboxylic acids is 1. The van der Waals surface area contributed by atoms with E-state index < -0.39 is 0 Å². The Labute approximate surface area is 92.3 Å². The first-order chi connectivity index (χ1) is 7.83. The maximum atomic E-state index is 11.7. The fraction of sp³-hybridized carbons (Fsp3) is 0.364. The zero-order chi connectivity index (χ0) is 11.0. The summed E-state index contributed by atoms with van der Waals surface area (Å²) in [5.41, 5.74) is 0.574. The Morgan fingerprint density at radius 1 is 1.38 bits per heavy atom. The van der Waals surface area contributed by atoms with Crippen LogP contribution in [0.2, 0.25) is 0 Å². The van der Waals surface area contributed by atoms with Crippen LogP contribution < -0.4 is 14.8 Å². The van der Waals surface area contributed by atoms with E-state index in [9.17, 15) is 4.79 Å². The third-order valence-corrected chi connectivity index (χ3v) is 2.53. The molecule has 0 aromatic heterocycles. The first-order valence-corrected chi connectivity index (χ1v) is 5.12. The monoisotopic (exact) mass is 221 g/mol. The Balaban J connectivity index is 1.70. The molecule has 0 bridgehead atoms. The van der Waals surface area contributed by atoms with E-state index in [0.717, 1.165) is 6.61 Å². The van der Waals surface area contributed by atoms with Gasteiger partial charge < -0.3 is 19.5 Å². The van der Waals surface area contributed by atoms with Crippen molar-refractivity contribution >= 4 is 5.91 Å². The summed E-state index contributed by atoms with van der Waals surface area (Å²) in [6, 6.07) is 5.15. The molecule has 1 fully saturated rings. The Kier molecular flexibility index (Phi) is 2.18. The molecule has 1 N–H and O–H groups in total. The van der Waals surface area contributed by atoms with Crippen LogP contribution in [-0.2, 0) is 4.74 Å². The third kappa shape index (κ3) is 1.81. The lowest BCUT2D eigenvalue weighted by Crippen LogP contribution is -2.27. The van der Waals surface area contributed by atoms with Gasteiger partial charge in [0, 0.05) is 12.1 Å². The zero-order valence-corrected chi connectivity index (χ0v) is 8.56. The smallest absolute Gasteiger partial charge is 0.251 e. The van der Waals surface area contributed by atoms with E-state index >= 15 is 0 Å². The molecule has 0 radical (unpaired) electrons. The van der Waals surface area contributed by atoms with Crippen LogP contribution in [0.25, 0.3) is 0 Å². The lowest BCUT2D eigenvalue weighted by Gasteiger charge is -2.03. The Bertz CT molecular complexity index is 428. The van der Waals surface area contributed by atoms with Gasteiger partial charge in [-0.05, 0) is 18.2 Å². The molecule has 0 saturated carbocycles. The third-order valence-electron chi connectivity index (χ3n) is 2.53. The molecule has 1 atom stereocenters. The van der Waals surface area contributed by atoms with Crippen molar-refractivity contribution in [2.24, 2.45) is 0 Å². The van der Waals surface area contributed by atoms with Gasteiger partial charge in [0.05, 0.1) is 12.7 Å². The Hall–Kier alpha value is -1.75. The number of carbonyl (C=O) groups is 1. The number of fused-ring (bicyclic) bond motifs is 1. The zero-order valence-electron chi connectivity index (χ0n) is 8.56. The van der Waals surface area contributed by atoms with E-state index in [1.165, 1.54) is 0 Å². The molecule has 0 spiro atoms. The Morgan fingerprint density at radius 2 is 2.19 bits per heavy atom. The average molecular weight is 221 g/mol. The number of epoxide rings is 1. The second kappa shape index (κ2) is 3.68. The molecular formula is C11H11NO4. The number of benzene rings is 1. The lowest BCUT2D eigenvalue weighted by molar-refractivity contribution is 0.0950. The minimum absolute atomic E-state index is 0.117. The van der Waals surface area contributed by atoms with E-state index in [2.05, 4.69) is 5.32 Å². The highest BCUT2D eigenvalue weighted by atomic mass is 16.7. The number of nitrogens with one attached hydrogen (secondary N) is 1. The van der Waals surface area contributed by atoms with Crippen LogP contribution in [0, 0.1) is 0 Å². The molecule has 1 aromatic carbocycles. The quantitative estimate of drug-likeness (QED) is 0.757. The van der Waals surface area contributed by atoms with Crippen molar-refractivity contribution in [2.75, 3.05) is 19.9 Å². The molecule has 2 aliphatic rings. The summed E-state index contributed by atoms with van der Waals surface area (Å²) in [7, 11) is 0. The van der Waals surface area contributed by atoms with Gasteiger partial charge in [0.2, 0.25) is 6.79 Å². The fourth-order valence-electron chi connectivity index (χ4n) is 1.53. The maximum absolute atomic E-state index is 11.7. The van der Waals surface area contributed by atoms with Gasteiger partial charge >= 0.3 is 0 Å². The van der Waals surface area contributed by atoms with Gasteiger partial charge in [-0.2, -0.15) is 0 Å². The van der Waals surface area contributed by atoms with Gasteiger partial charge in [-0.15, -0.1) is 0 Å². The SMILES string of the molecule is O=C(NCC1CO1)c1ccc2c(c1)OCO2. The largest absolute Gasteiger partial charge is 0.454 e. The molecule has 5 nitrogen and oxygen atoms in total. The molecule has 2 heterocycles. The highest BCUT2D eigenvalue weighted by molar-refractivity contribution is 5.94. The first-order valence-electron chi connectivity index (χ1n) is 5.12. The van der Waals surface area contributed by atoms with E-state index in [0.29, 0.717) is 23.6 Å². The highest BCUT2D eigenvalue weighted by Crippen LogP contribution is 2.32. The van der Waals surface area contributed by atoms with Crippen molar-refractivity contribution in [3.63, 3.8) is 0 Å². The topological polar surface area (TPSA) is 60.1 Å². The number of amides is 1. The summed E-state index contributed by atoms with van der Waals surface area (Å²) in [5.74, 6) is 1.19. The number of hydrogen-bond donors (Lipinski definition) is 1. The molecule has 16 heavy (non-hydrogen) atoms. The minimum Gasteiger partial charge on any atom is -0.454 e. The van der Waals surface area contributed by atoms with Crippen molar-refractivity contribution in [3.8, 4) is 11.5 Å². The molecule has 1 amide bonds. The van der Waals surface area contributed by atoms with Crippen molar-refractivity contribution in [1.29, 1.82) is 0 Å². The van der Waals surface area contributed by atoms with Crippen LogP contribution in [0.3, 0.4) is 0 Å². The van der Waals surface area contributed by atoms with Crippen molar-refractivity contribution in [2.45, 2.75) is 6.10 Å². The molecule has 0 aliphatic carbocycles. The predicted octanol–water partition coefficient (Wildman–Crippen LogP) is 0.544. The fourth-order valence-corrected chi connectivity index (χ4v) is 1.53. The summed E-state index contributed by atoms with van der Waals surface area (Å²) in [6.07, 6.45) is 0.193. The van der Waals surface area contributed by atoms with E-state index in [-0.39, 0.29) is 18.8 Å². The summed E-state index contributed by atoms with van der Waals surface area (Å²) in [6.45, 7) is 1.52. The molecule has 1 aromatic rings. The van der Waals surface area contributed by atoms with Crippen LogP contribution in [0.5, 0.6) is 11.5 Å². The molecule has 1 unspecified atom stereocenters. The van der Waals surface area contributed by atoms with Crippen LogP contribution >= 0.6 is 0 Å². The van der Waals surface area contributed by atoms with Gasteiger partial charge in [0.25, 0.3) is 5.91 Å². The second-order valence-corrected chi connectivity index (χ2v) is 3.73. The first kappa shape index (κ1) is 9.47. The van der Waals surface area contributed by atoms with Crippen molar-refractivity contribution in [1.82, 2.24) is 5.32 Å². The summed E-state index contributed by atoms with van der Waals surface area (Å²) >= 11 is 0. The molecule has 5 heteroatoms. The standard InChI is InChI=1S/C11H11NO4/c13-11(12-4-8-5-14-8)7-1-2-9-10(3-7)16-6-15-9/h1-3,8H,4-6H2,(H,12,13). The summed E-state index contributed by atoms with van der Waals surface area (Å²) in [5, 5.41) is 2.79. The molecule has 2 aliphatic heterocycles. The van der Waals surface area contributed by atoms with Gasteiger partial charge in [0.1, 0.15) is 0 Å². The molecule has 84 valence electrons. The van der Waals surface area contributed by atoms with E-state index in [1.54, 1.807) is 18.2 Å². The maximum Gasteiger partial charge on any atom is 0.251 e. The summed E-state index contributed by atoms with van der Waals surface area (Å²) < 4.78 is 15.4. The number of hydrogen-bond acceptors (Lipinski definition) is 4. The van der Waals surface area contributed by atoms with Crippen LogP contribution in [-0.4, -0.2) is 32.0 Å². The normalized spacial score (nSPS) is 20.6. The average Bonchev–Trinajstić information content (AvgIpc) is 3.01. The molecule has 3 rings (SSSR count). The lowest BCUT2D eigenvalue weighted by atomic mass is 10.2. The van der Waals surface area contributed by atoms with Gasteiger partial charge in [-0.25, -0.2) is 0 Å². The number of ether oxygens (including phenoxy) is 3. The highest BCUT2D eigenvalue weighted by Gasteiger charge is 2.23. The molecular weight excluding hydrogens is 210 g/mol. The van der Waals surface area contributed by atoms with Gasteiger partial charge in [-0.3, -0.25) is 4.79 Å². The van der Waals surface area contributed by atoms with Gasteiger partial charge in [-0.1, -0.05) is 0 Å². The Morgan fingerprint density at radius 3 is 3.00 bits per heavy atom. The predicted molar refractivity (Wildman–Crippen MR) is 54.6 cm³/mol. The van der Waals surface area contributed by atoms with E-state index in [1.807, 2.05) is 0 Å². The molecule has 1 saturated heterocycles. The van der Waals surface area contributed by atoms with Crippen molar-refractivity contribution in [3.05, 3.63) is 23.8 Å². The van der Waals surface area contributed by atoms with Crippen LogP contribution in [0.4, 0.5) is 0 Å². The van der Waals surface area contributed by atoms with E-state index in [4.69, 9.17) is 14.2 Å². The number of rotatable bonds is 3. The van der Waals surface area contributed by atoms with Crippen molar-refractivity contribution < 1.29 is 19.0 Å². The van der Waals surface area contributed by atoms with Crippen LogP contribution in [0.1, 0.15) is 10.4 Å². The van der Waals surface area contributed by atoms with Crippen LogP contribution in [0.15, 0.2) is 18.2 Å². The second-order valence-electron chi connectivity index (χ2n) is 3.73.